The molecular formula is C12H11N5O2. The summed E-state index contributed by atoms with van der Waals surface area (Å²) >= 11 is 0. The van der Waals surface area contributed by atoms with Crippen molar-refractivity contribution in [1.82, 2.24) is 19.9 Å². The molecule has 0 aliphatic heterocycles. The van der Waals surface area contributed by atoms with E-state index in [-0.39, 0.29) is 18.0 Å². The summed E-state index contributed by atoms with van der Waals surface area (Å²) in [4.78, 5) is 15.1. The van der Waals surface area contributed by atoms with Crippen LogP contribution in [0.3, 0.4) is 0 Å². The lowest BCUT2D eigenvalue weighted by Crippen LogP contribution is -2.03. The molecule has 3 aromatic rings. The average Bonchev–Trinajstić information content (AvgIpc) is 2.87. The van der Waals surface area contributed by atoms with Gasteiger partial charge in [-0.2, -0.15) is 0 Å². The molecule has 0 unspecified atom stereocenters. The third kappa shape index (κ3) is 2.01. The van der Waals surface area contributed by atoms with Crippen molar-refractivity contribution in [2.45, 2.75) is 6.54 Å². The van der Waals surface area contributed by atoms with Crippen LogP contribution in [0.4, 0.5) is 5.82 Å². The summed E-state index contributed by atoms with van der Waals surface area (Å²) in [5.74, 6) is 0.620. The van der Waals surface area contributed by atoms with Gasteiger partial charge < -0.3 is 20.5 Å². The van der Waals surface area contributed by atoms with Crippen molar-refractivity contribution in [3.8, 4) is 11.5 Å². The molecule has 0 radical (unpaired) electrons. The maximum absolute atomic E-state index is 9.69. The number of fused-ring (bicyclic) bond motifs is 1. The lowest BCUT2D eigenvalue weighted by atomic mass is 10.2. The first-order valence-corrected chi connectivity index (χ1v) is 5.63. The van der Waals surface area contributed by atoms with E-state index in [1.807, 2.05) is 0 Å². The fourth-order valence-electron chi connectivity index (χ4n) is 1.82. The molecule has 0 spiro atoms. The normalized spacial score (nSPS) is 10.7. The standard InChI is InChI=1S/C12H11N5O2/c18-8-2-1-3-9(19)7(8)4-13-11-10-12(15-5-14-10)17-6-16-11/h1-3,5-6,18-19H,4H2,(H2,13,14,15,16,17). The van der Waals surface area contributed by atoms with E-state index in [1.165, 1.54) is 24.8 Å². The molecule has 0 saturated heterocycles. The molecule has 4 N–H and O–H groups in total. The Labute approximate surface area is 108 Å². The van der Waals surface area contributed by atoms with Crippen LogP contribution in [-0.2, 0) is 6.54 Å². The van der Waals surface area contributed by atoms with Gasteiger partial charge in [0.25, 0.3) is 0 Å². The van der Waals surface area contributed by atoms with Crippen molar-refractivity contribution in [3.63, 3.8) is 0 Å². The van der Waals surface area contributed by atoms with E-state index < -0.39 is 0 Å². The molecule has 0 atom stereocenters. The predicted molar refractivity (Wildman–Crippen MR) is 68.8 cm³/mol. The molecule has 19 heavy (non-hydrogen) atoms. The molecule has 2 heterocycles. The summed E-state index contributed by atoms with van der Waals surface area (Å²) in [7, 11) is 0. The number of rotatable bonds is 3. The van der Waals surface area contributed by atoms with Gasteiger partial charge in [0.05, 0.1) is 11.9 Å². The topological polar surface area (TPSA) is 107 Å². The number of anilines is 1. The first-order chi connectivity index (χ1) is 9.25. The highest BCUT2D eigenvalue weighted by molar-refractivity contribution is 5.81. The number of hydrogen-bond acceptors (Lipinski definition) is 6. The highest BCUT2D eigenvalue weighted by atomic mass is 16.3. The van der Waals surface area contributed by atoms with Gasteiger partial charge in [-0.25, -0.2) is 15.0 Å². The van der Waals surface area contributed by atoms with Gasteiger partial charge in [-0.05, 0) is 12.1 Å². The molecule has 0 fully saturated rings. The Morgan fingerprint density at radius 1 is 1.11 bits per heavy atom. The van der Waals surface area contributed by atoms with Crippen molar-refractivity contribution in [2.24, 2.45) is 0 Å². The number of phenols is 2. The zero-order chi connectivity index (χ0) is 13.2. The van der Waals surface area contributed by atoms with E-state index in [1.54, 1.807) is 6.07 Å². The number of nitrogens with one attached hydrogen (secondary N) is 2. The number of hydrogen-bond donors (Lipinski definition) is 4. The molecule has 1 aromatic carbocycles. The maximum atomic E-state index is 9.69. The molecule has 0 aliphatic rings. The van der Waals surface area contributed by atoms with Gasteiger partial charge in [-0.15, -0.1) is 0 Å². The highest BCUT2D eigenvalue weighted by Crippen LogP contribution is 2.27. The van der Waals surface area contributed by atoms with E-state index in [4.69, 9.17) is 0 Å². The fourth-order valence-corrected chi connectivity index (χ4v) is 1.82. The largest absolute Gasteiger partial charge is 0.507 e. The van der Waals surface area contributed by atoms with Gasteiger partial charge in [0.15, 0.2) is 11.5 Å². The Hall–Kier alpha value is -2.83. The minimum absolute atomic E-state index is 0.0300. The van der Waals surface area contributed by atoms with Gasteiger partial charge in [0, 0.05) is 6.54 Å². The van der Waals surface area contributed by atoms with Crippen molar-refractivity contribution in [3.05, 3.63) is 36.4 Å². The van der Waals surface area contributed by atoms with Crippen LogP contribution in [0.15, 0.2) is 30.9 Å². The molecule has 0 saturated carbocycles. The lowest BCUT2D eigenvalue weighted by molar-refractivity contribution is 0.440. The van der Waals surface area contributed by atoms with Gasteiger partial charge in [-0.3, -0.25) is 0 Å². The van der Waals surface area contributed by atoms with Gasteiger partial charge in [-0.1, -0.05) is 6.07 Å². The van der Waals surface area contributed by atoms with Gasteiger partial charge >= 0.3 is 0 Å². The number of nitrogens with zero attached hydrogens (tertiary/aromatic N) is 3. The summed E-state index contributed by atoms with van der Waals surface area (Å²) in [5.41, 5.74) is 1.64. The van der Waals surface area contributed by atoms with E-state index in [2.05, 4.69) is 25.3 Å². The molecule has 7 nitrogen and oxygen atoms in total. The highest BCUT2D eigenvalue weighted by Gasteiger charge is 2.09. The van der Waals surface area contributed by atoms with E-state index in [9.17, 15) is 10.2 Å². The first kappa shape index (κ1) is 11.3. The average molecular weight is 257 g/mol. The number of H-pyrrole nitrogens is 1. The molecule has 0 aliphatic carbocycles. The summed E-state index contributed by atoms with van der Waals surface area (Å²) < 4.78 is 0. The number of aromatic nitrogens is 4. The van der Waals surface area contributed by atoms with Crippen molar-refractivity contribution >= 4 is 17.0 Å². The lowest BCUT2D eigenvalue weighted by Gasteiger charge is -2.09. The monoisotopic (exact) mass is 257 g/mol. The van der Waals surface area contributed by atoms with Crippen LogP contribution < -0.4 is 5.32 Å². The SMILES string of the molecule is Oc1cccc(O)c1CNc1ncnc2nc[nH]c12. The third-order valence-electron chi connectivity index (χ3n) is 2.78. The minimum atomic E-state index is 0.0300. The predicted octanol–water partition coefficient (Wildman–Crippen LogP) is 1.38. The summed E-state index contributed by atoms with van der Waals surface area (Å²) in [5, 5.41) is 22.4. The van der Waals surface area contributed by atoms with Gasteiger partial charge in [0.2, 0.25) is 0 Å². The first-order valence-electron chi connectivity index (χ1n) is 5.63. The Morgan fingerprint density at radius 3 is 2.68 bits per heavy atom. The van der Waals surface area contributed by atoms with E-state index in [0.29, 0.717) is 22.5 Å². The van der Waals surface area contributed by atoms with Crippen molar-refractivity contribution in [2.75, 3.05) is 5.32 Å². The third-order valence-corrected chi connectivity index (χ3v) is 2.78. The Bertz CT molecular complexity index is 705. The Balaban J connectivity index is 1.88. The van der Waals surface area contributed by atoms with E-state index in [0.717, 1.165) is 0 Å². The zero-order valence-corrected chi connectivity index (χ0v) is 9.83. The maximum Gasteiger partial charge on any atom is 0.182 e. The zero-order valence-electron chi connectivity index (χ0n) is 9.83. The molecule has 0 amide bonds. The second-order valence-corrected chi connectivity index (χ2v) is 3.95. The summed E-state index contributed by atoms with van der Waals surface area (Å²) in [6.07, 6.45) is 2.93. The van der Waals surface area contributed by atoms with Crippen LogP contribution in [0.2, 0.25) is 0 Å². The van der Waals surface area contributed by atoms with Crippen LogP contribution in [0, 0.1) is 0 Å². The van der Waals surface area contributed by atoms with E-state index >= 15 is 0 Å². The van der Waals surface area contributed by atoms with Crippen LogP contribution in [0.25, 0.3) is 11.2 Å². The van der Waals surface area contributed by atoms with Crippen LogP contribution in [0.5, 0.6) is 11.5 Å². The number of aromatic hydroxyl groups is 2. The van der Waals surface area contributed by atoms with Crippen molar-refractivity contribution < 1.29 is 10.2 Å². The van der Waals surface area contributed by atoms with Crippen LogP contribution in [-0.4, -0.2) is 30.1 Å². The summed E-state index contributed by atoms with van der Waals surface area (Å²) in [6.45, 7) is 0.240. The molecule has 3 rings (SSSR count). The molecule has 7 heteroatoms. The number of imidazole rings is 1. The molecule has 96 valence electrons. The smallest absolute Gasteiger partial charge is 0.182 e. The number of benzene rings is 1. The molecular weight excluding hydrogens is 246 g/mol. The second kappa shape index (κ2) is 4.45. The molecule has 0 bridgehead atoms. The number of aromatic amines is 1. The fraction of sp³-hybridized carbons (Fsp3) is 0.0833. The minimum Gasteiger partial charge on any atom is -0.507 e. The van der Waals surface area contributed by atoms with Crippen molar-refractivity contribution in [1.29, 1.82) is 0 Å². The summed E-state index contributed by atoms with van der Waals surface area (Å²) in [6, 6.07) is 4.61. The molecule has 2 aromatic heterocycles. The van der Waals surface area contributed by atoms with Crippen LogP contribution >= 0.6 is 0 Å². The Kier molecular flexibility index (Phi) is 2.64. The quantitative estimate of drug-likeness (QED) is 0.564. The second-order valence-electron chi connectivity index (χ2n) is 3.95. The van der Waals surface area contributed by atoms with Crippen LogP contribution in [0.1, 0.15) is 5.56 Å². The number of phenolic OH excluding ortho intramolecular Hbond substituents is 2. The Morgan fingerprint density at radius 2 is 1.89 bits per heavy atom. The van der Waals surface area contributed by atoms with Gasteiger partial charge in [0.1, 0.15) is 23.3 Å².